The predicted molar refractivity (Wildman–Crippen MR) is 234 cm³/mol. The second-order valence-corrected chi connectivity index (χ2v) is 14.5. The molecule has 0 N–H and O–H groups in total. The molecule has 9 heteroatoms. The van der Waals surface area contributed by atoms with Gasteiger partial charge in [-0.25, -0.2) is 15.0 Å². The van der Waals surface area contributed by atoms with Gasteiger partial charge in [0.15, 0.2) is 17.5 Å². The topological polar surface area (TPSA) is 38.7 Å². The van der Waals surface area contributed by atoms with Gasteiger partial charge in [0, 0.05) is 36.9 Å². The standard InChI is InChI=1S/C45H22B5N3S/c46-37-36(38(47)40(49)41(50)39(37)48)45-52-43(23-10-2-1-3-11-23)51-44(53-45)32-18-8-17-31-35-25(16-9-19-34(35)54-42(31)32)24-20-21-30-28-14-5-4-12-26(28)27-13-6-7-15-29(27)33(30)22-24/h1-22H. The van der Waals surface area contributed by atoms with Gasteiger partial charge in [-0.15, -0.1) is 27.7 Å². The molecule has 0 atom stereocenters. The van der Waals surface area contributed by atoms with Crippen LogP contribution >= 0.6 is 11.3 Å². The molecule has 10 rings (SSSR count). The molecule has 0 amide bonds. The molecule has 2 aromatic heterocycles. The third-order valence-corrected chi connectivity index (χ3v) is 11.6. The molecule has 10 aromatic rings. The second-order valence-electron chi connectivity index (χ2n) is 13.4. The van der Waals surface area contributed by atoms with Crippen molar-refractivity contribution in [2.75, 3.05) is 0 Å². The molecule has 0 aliphatic rings. The summed E-state index contributed by atoms with van der Waals surface area (Å²) in [6.07, 6.45) is 0. The molecule has 0 aliphatic heterocycles. The Morgan fingerprint density at radius 1 is 0.370 bits per heavy atom. The fourth-order valence-corrected chi connectivity index (χ4v) is 8.99. The van der Waals surface area contributed by atoms with Crippen LogP contribution in [0.5, 0.6) is 0 Å². The number of nitrogens with zero attached hydrogens (tertiary/aromatic N) is 3. The summed E-state index contributed by atoms with van der Waals surface area (Å²) in [7, 11) is 31.8. The Labute approximate surface area is 322 Å². The first-order valence-electron chi connectivity index (χ1n) is 17.5. The molecule has 0 spiro atoms. The Bertz CT molecular complexity index is 3120. The van der Waals surface area contributed by atoms with Crippen LogP contribution in [0, 0.1) is 0 Å². The van der Waals surface area contributed by atoms with Gasteiger partial charge in [0.25, 0.3) is 0 Å². The zero-order valence-corrected chi connectivity index (χ0v) is 29.7. The normalized spacial score (nSPS) is 11.7. The first-order valence-corrected chi connectivity index (χ1v) is 18.3. The maximum absolute atomic E-state index is 6.53. The van der Waals surface area contributed by atoms with Crippen molar-refractivity contribution in [1.29, 1.82) is 0 Å². The molecule has 0 saturated heterocycles. The van der Waals surface area contributed by atoms with Gasteiger partial charge in [0.2, 0.25) is 0 Å². The zero-order valence-electron chi connectivity index (χ0n) is 28.8. The number of hydrogen-bond acceptors (Lipinski definition) is 4. The molecule has 8 aromatic carbocycles. The summed E-state index contributed by atoms with van der Waals surface area (Å²) >= 11 is 1.71. The van der Waals surface area contributed by atoms with Crippen molar-refractivity contribution >= 4 is 130 Å². The summed E-state index contributed by atoms with van der Waals surface area (Å²) in [6, 6.07) is 46.7. The number of hydrogen-bond donors (Lipinski definition) is 0. The molecular formula is C45H22B5N3S. The highest BCUT2D eigenvalue weighted by molar-refractivity contribution is 7.26. The summed E-state index contributed by atoms with van der Waals surface area (Å²) in [5.41, 5.74) is 5.01. The summed E-state index contributed by atoms with van der Waals surface area (Å²) in [6.45, 7) is 0. The van der Waals surface area contributed by atoms with Gasteiger partial charge in [0.05, 0.1) is 0 Å². The monoisotopic (exact) mass is 691 g/mol. The van der Waals surface area contributed by atoms with Crippen molar-refractivity contribution in [3.63, 3.8) is 0 Å². The number of fused-ring (bicyclic) bond motifs is 9. The van der Waals surface area contributed by atoms with Crippen LogP contribution < -0.4 is 27.3 Å². The van der Waals surface area contributed by atoms with Crippen LogP contribution in [-0.2, 0) is 0 Å². The van der Waals surface area contributed by atoms with Crippen molar-refractivity contribution in [1.82, 2.24) is 15.0 Å². The highest BCUT2D eigenvalue weighted by atomic mass is 32.1. The Morgan fingerprint density at radius 2 is 0.889 bits per heavy atom. The van der Waals surface area contributed by atoms with E-state index >= 15 is 0 Å². The van der Waals surface area contributed by atoms with E-state index in [1.54, 1.807) is 11.3 Å². The van der Waals surface area contributed by atoms with Crippen molar-refractivity contribution in [3.8, 4) is 45.3 Å². The average molecular weight is 691 g/mol. The van der Waals surface area contributed by atoms with Crippen molar-refractivity contribution in [2.45, 2.75) is 0 Å². The minimum atomic E-state index is 0.130. The Kier molecular flexibility index (Phi) is 7.64. The zero-order chi connectivity index (χ0) is 36.7. The van der Waals surface area contributed by atoms with Crippen LogP contribution in [0.15, 0.2) is 133 Å². The van der Waals surface area contributed by atoms with E-state index in [9.17, 15) is 0 Å². The first-order chi connectivity index (χ1) is 26.4. The van der Waals surface area contributed by atoms with E-state index in [1.165, 1.54) is 37.7 Å². The Balaban J connectivity index is 1.21. The maximum Gasteiger partial charge on any atom is 0.165 e. The molecule has 3 nitrogen and oxygen atoms in total. The van der Waals surface area contributed by atoms with Gasteiger partial charge in [0.1, 0.15) is 39.2 Å². The molecular weight excluding hydrogens is 669 g/mol. The molecule has 10 radical (unpaired) electrons. The van der Waals surface area contributed by atoms with Crippen LogP contribution in [0.1, 0.15) is 0 Å². The minimum Gasteiger partial charge on any atom is -0.208 e. The summed E-state index contributed by atoms with van der Waals surface area (Å²) in [5.74, 6) is 1.18. The summed E-state index contributed by atoms with van der Waals surface area (Å²) in [5, 5.41) is 9.75. The van der Waals surface area contributed by atoms with Crippen LogP contribution in [0.25, 0.3) is 97.8 Å². The van der Waals surface area contributed by atoms with Crippen LogP contribution in [0.4, 0.5) is 0 Å². The molecule has 0 bridgehead atoms. The molecule has 238 valence electrons. The fraction of sp³-hybridized carbons (Fsp3) is 0. The van der Waals surface area contributed by atoms with Crippen molar-refractivity contribution in [3.05, 3.63) is 133 Å². The fourth-order valence-electron chi connectivity index (χ4n) is 7.75. The Hall–Kier alpha value is -5.91. The summed E-state index contributed by atoms with van der Waals surface area (Å²) < 4.78 is 2.20. The SMILES string of the molecule is [B]c1c([B])c([B])c(-c2nc(-c3ccccc3)nc(-c3cccc4c3sc3cccc(-c5ccc6c7ccccc7c7ccccc7c6c5)c34)n2)c([B])c1[B]. The van der Waals surface area contributed by atoms with E-state index in [2.05, 4.69) is 91.0 Å². The highest BCUT2D eigenvalue weighted by Crippen LogP contribution is 2.45. The minimum absolute atomic E-state index is 0.130. The molecule has 0 aliphatic carbocycles. The van der Waals surface area contributed by atoms with Crippen molar-refractivity contribution < 1.29 is 0 Å². The second kappa shape index (κ2) is 12.6. The average Bonchev–Trinajstić information content (AvgIpc) is 3.62. The van der Waals surface area contributed by atoms with E-state index in [1.807, 2.05) is 42.5 Å². The van der Waals surface area contributed by atoms with Gasteiger partial charge in [-0.2, -0.15) is 0 Å². The van der Waals surface area contributed by atoms with Gasteiger partial charge in [-0.3, -0.25) is 0 Å². The van der Waals surface area contributed by atoms with Crippen LogP contribution in [0.2, 0.25) is 0 Å². The van der Waals surface area contributed by atoms with Crippen LogP contribution in [0.3, 0.4) is 0 Å². The molecule has 0 fully saturated rings. The summed E-state index contributed by atoms with van der Waals surface area (Å²) in [4.78, 5) is 14.9. The lowest BCUT2D eigenvalue weighted by atomic mass is 9.60. The van der Waals surface area contributed by atoms with E-state index in [4.69, 9.17) is 54.2 Å². The van der Waals surface area contributed by atoms with Crippen molar-refractivity contribution in [2.24, 2.45) is 0 Å². The maximum atomic E-state index is 6.53. The predicted octanol–water partition coefficient (Wildman–Crippen LogP) is 6.34. The van der Waals surface area contributed by atoms with Gasteiger partial charge < -0.3 is 0 Å². The quantitative estimate of drug-likeness (QED) is 0.160. The molecule has 0 unspecified atom stereocenters. The van der Waals surface area contributed by atoms with Gasteiger partial charge in [-0.1, -0.05) is 126 Å². The number of aromatic nitrogens is 3. The number of benzene rings is 8. The van der Waals surface area contributed by atoms with E-state index in [0.29, 0.717) is 17.2 Å². The number of rotatable bonds is 4. The molecule has 2 heterocycles. The van der Waals surface area contributed by atoms with Gasteiger partial charge >= 0.3 is 0 Å². The lowest BCUT2D eigenvalue weighted by Crippen LogP contribution is -2.55. The van der Waals surface area contributed by atoms with Gasteiger partial charge in [-0.05, 0) is 61.6 Å². The lowest BCUT2D eigenvalue weighted by molar-refractivity contribution is 1.08. The third-order valence-electron chi connectivity index (χ3n) is 10.4. The molecule has 54 heavy (non-hydrogen) atoms. The Morgan fingerprint density at radius 3 is 1.57 bits per heavy atom. The largest absolute Gasteiger partial charge is 0.208 e. The van der Waals surface area contributed by atoms with E-state index in [0.717, 1.165) is 37.0 Å². The molecule has 0 saturated carbocycles. The highest BCUT2D eigenvalue weighted by Gasteiger charge is 2.21. The lowest BCUT2D eigenvalue weighted by Gasteiger charge is -2.20. The van der Waals surface area contributed by atoms with E-state index < -0.39 is 0 Å². The number of thiophene rings is 1. The van der Waals surface area contributed by atoms with E-state index in [-0.39, 0.29) is 33.1 Å². The smallest absolute Gasteiger partial charge is 0.165 e. The first kappa shape index (κ1) is 32.7. The third kappa shape index (κ3) is 4.99. The van der Waals surface area contributed by atoms with Crippen LogP contribution in [-0.4, -0.2) is 54.2 Å².